The first-order valence-electron chi connectivity index (χ1n) is 8.15. The first-order valence-corrected chi connectivity index (χ1v) is 10.6. The van der Waals surface area contributed by atoms with Gasteiger partial charge in [-0.3, -0.25) is 9.59 Å². The van der Waals surface area contributed by atoms with Gasteiger partial charge in [-0.25, -0.2) is 0 Å². The van der Waals surface area contributed by atoms with Crippen molar-refractivity contribution in [2.75, 3.05) is 18.1 Å². The summed E-state index contributed by atoms with van der Waals surface area (Å²) in [5.74, 6) is 1.34. The van der Waals surface area contributed by atoms with E-state index >= 15 is 0 Å². The van der Waals surface area contributed by atoms with Crippen LogP contribution in [0.15, 0.2) is 0 Å². The molecule has 0 aromatic rings. The van der Waals surface area contributed by atoms with E-state index in [0.29, 0.717) is 18.9 Å². The van der Waals surface area contributed by atoms with Crippen LogP contribution < -0.4 is 5.32 Å². The lowest BCUT2D eigenvalue weighted by Gasteiger charge is -2.11. The number of carboxylic acid groups (broad SMARTS) is 1. The molecule has 0 saturated heterocycles. The summed E-state index contributed by atoms with van der Waals surface area (Å²) in [4.78, 5) is 22.3. The molecule has 0 aromatic carbocycles. The van der Waals surface area contributed by atoms with E-state index in [1.165, 1.54) is 0 Å². The van der Waals surface area contributed by atoms with Gasteiger partial charge in [-0.05, 0) is 25.2 Å². The van der Waals surface area contributed by atoms with Crippen LogP contribution in [-0.4, -0.2) is 40.7 Å². The Kier molecular flexibility index (Phi) is 13.3. The van der Waals surface area contributed by atoms with E-state index in [1.54, 1.807) is 21.6 Å². The van der Waals surface area contributed by atoms with E-state index in [4.69, 9.17) is 10.5 Å². The Morgan fingerprint density at radius 2 is 1.74 bits per heavy atom. The molecule has 5 nitrogen and oxygen atoms in total. The van der Waals surface area contributed by atoms with Crippen molar-refractivity contribution < 1.29 is 14.7 Å². The molecular weight excluding hydrogens is 332 g/mol. The largest absolute Gasteiger partial charge is 0.481 e. The summed E-state index contributed by atoms with van der Waals surface area (Å²) in [6, 6.07) is 0. The third-order valence-corrected chi connectivity index (χ3v) is 5.85. The number of nitrogens with one attached hydrogen (secondary N) is 2. The van der Waals surface area contributed by atoms with Gasteiger partial charge in [0.1, 0.15) is 0 Å². The maximum Gasteiger partial charge on any atom is 0.303 e. The van der Waals surface area contributed by atoms with Crippen LogP contribution in [-0.2, 0) is 9.59 Å². The van der Waals surface area contributed by atoms with Crippen LogP contribution in [0.4, 0.5) is 0 Å². The number of carboxylic acids is 1. The minimum Gasteiger partial charge on any atom is -0.481 e. The van der Waals surface area contributed by atoms with Gasteiger partial charge in [0.05, 0.1) is 0 Å². The van der Waals surface area contributed by atoms with Crippen LogP contribution in [0.5, 0.6) is 0 Å². The Hall–Kier alpha value is -0.690. The lowest BCUT2D eigenvalue weighted by Crippen LogP contribution is -2.30. The standard InChI is InChI=1S/C16H30N2O3S2/c1-12(2)14(17)8-10-22-23-11-9-18-16(21)13(3)6-4-5-7-15(19)20/h12-13,17H,4-11H2,1-3H3,(H,18,21)(H,19,20). The van der Waals surface area contributed by atoms with Crippen molar-refractivity contribution >= 4 is 39.2 Å². The second-order valence-electron chi connectivity index (χ2n) is 5.91. The average Bonchev–Trinajstić information content (AvgIpc) is 2.49. The molecule has 0 bridgehead atoms. The summed E-state index contributed by atoms with van der Waals surface area (Å²) in [6.45, 7) is 6.62. The Bertz CT molecular complexity index is 376. The molecule has 0 saturated carbocycles. The Labute approximate surface area is 147 Å². The van der Waals surface area contributed by atoms with E-state index in [-0.39, 0.29) is 18.2 Å². The zero-order valence-electron chi connectivity index (χ0n) is 14.4. The Morgan fingerprint density at radius 3 is 2.35 bits per heavy atom. The summed E-state index contributed by atoms with van der Waals surface area (Å²) < 4.78 is 0. The fourth-order valence-corrected chi connectivity index (χ4v) is 3.74. The smallest absolute Gasteiger partial charge is 0.303 e. The van der Waals surface area contributed by atoms with Crippen molar-refractivity contribution in [3.05, 3.63) is 0 Å². The summed E-state index contributed by atoms with van der Waals surface area (Å²) in [6.07, 6.45) is 3.14. The molecule has 0 spiro atoms. The number of carbonyl (C=O) groups is 2. The molecule has 7 heteroatoms. The van der Waals surface area contributed by atoms with Gasteiger partial charge in [0.25, 0.3) is 0 Å². The molecule has 0 radical (unpaired) electrons. The zero-order valence-corrected chi connectivity index (χ0v) is 16.0. The molecule has 0 aliphatic rings. The van der Waals surface area contributed by atoms with Crippen molar-refractivity contribution in [2.24, 2.45) is 11.8 Å². The number of hydrogen-bond donors (Lipinski definition) is 3. The molecule has 1 amide bonds. The molecule has 0 aromatic heterocycles. The minimum atomic E-state index is -0.778. The molecule has 0 rings (SSSR count). The number of carbonyl (C=O) groups excluding carboxylic acids is 1. The summed E-state index contributed by atoms with van der Waals surface area (Å²) in [5.41, 5.74) is 0.795. The molecule has 134 valence electrons. The van der Waals surface area contributed by atoms with Gasteiger partial charge in [-0.15, -0.1) is 0 Å². The lowest BCUT2D eigenvalue weighted by molar-refractivity contribution is -0.137. The van der Waals surface area contributed by atoms with E-state index < -0.39 is 5.97 Å². The van der Waals surface area contributed by atoms with Crippen molar-refractivity contribution in [3.8, 4) is 0 Å². The molecule has 23 heavy (non-hydrogen) atoms. The predicted molar refractivity (Wildman–Crippen MR) is 100 cm³/mol. The molecule has 3 N–H and O–H groups in total. The third-order valence-electron chi connectivity index (χ3n) is 3.44. The molecule has 0 heterocycles. The van der Waals surface area contributed by atoms with Gasteiger partial charge in [0.15, 0.2) is 0 Å². The number of hydrogen-bond acceptors (Lipinski definition) is 5. The van der Waals surface area contributed by atoms with E-state index in [1.807, 2.05) is 20.8 Å². The van der Waals surface area contributed by atoms with Crippen LogP contribution in [0.25, 0.3) is 0 Å². The average molecular weight is 363 g/mol. The third kappa shape index (κ3) is 13.4. The fourth-order valence-electron chi connectivity index (χ4n) is 1.81. The summed E-state index contributed by atoms with van der Waals surface area (Å²) >= 11 is 0. The van der Waals surface area contributed by atoms with E-state index in [0.717, 1.165) is 36.5 Å². The monoisotopic (exact) mass is 362 g/mol. The lowest BCUT2D eigenvalue weighted by atomic mass is 10.0. The summed E-state index contributed by atoms with van der Waals surface area (Å²) in [7, 11) is 3.47. The highest BCUT2D eigenvalue weighted by Crippen LogP contribution is 2.22. The first kappa shape index (κ1) is 22.3. The van der Waals surface area contributed by atoms with Gasteiger partial charge >= 0.3 is 5.97 Å². The molecule has 1 unspecified atom stereocenters. The van der Waals surface area contributed by atoms with Gasteiger partial charge in [-0.1, -0.05) is 48.8 Å². The number of aliphatic carboxylic acids is 1. The van der Waals surface area contributed by atoms with Crippen molar-refractivity contribution in [3.63, 3.8) is 0 Å². The maximum absolute atomic E-state index is 11.9. The summed E-state index contributed by atoms with van der Waals surface area (Å²) in [5, 5.41) is 19.2. The van der Waals surface area contributed by atoms with Gasteiger partial charge in [-0.2, -0.15) is 0 Å². The highest BCUT2D eigenvalue weighted by Gasteiger charge is 2.12. The molecule has 1 atom stereocenters. The van der Waals surface area contributed by atoms with Crippen LogP contribution in [0.2, 0.25) is 0 Å². The topological polar surface area (TPSA) is 90.3 Å². The SMILES string of the molecule is CC(C)C(=N)CCSSCCNC(=O)C(C)CCCCC(=O)O. The first-order chi connectivity index (χ1) is 10.8. The highest BCUT2D eigenvalue weighted by atomic mass is 33.1. The second-order valence-corrected chi connectivity index (χ2v) is 8.61. The number of rotatable bonds is 14. The van der Waals surface area contributed by atoms with Crippen molar-refractivity contribution in [2.45, 2.75) is 52.9 Å². The normalized spacial score (nSPS) is 12.2. The minimum absolute atomic E-state index is 0.0486. The van der Waals surface area contributed by atoms with Crippen LogP contribution in [0, 0.1) is 17.2 Å². The quantitative estimate of drug-likeness (QED) is 0.248. The number of amides is 1. The van der Waals surface area contributed by atoms with Crippen LogP contribution in [0.3, 0.4) is 0 Å². The maximum atomic E-state index is 11.9. The molecule has 0 fully saturated rings. The number of unbranched alkanes of at least 4 members (excludes halogenated alkanes) is 1. The highest BCUT2D eigenvalue weighted by molar-refractivity contribution is 8.76. The van der Waals surface area contributed by atoms with Gasteiger partial charge < -0.3 is 15.8 Å². The molecular formula is C16H30N2O3S2. The Morgan fingerprint density at radius 1 is 1.09 bits per heavy atom. The molecule has 0 aliphatic carbocycles. The van der Waals surface area contributed by atoms with Crippen molar-refractivity contribution in [1.82, 2.24) is 5.32 Å². The van der Waals surface area contributed by atoms with Gasteiger partial charge in [0.2, 0.25) is 5.91 Å². The van der Waals surface area contributed by atoms with Crippen molar-refractivity contribution in [1.29, 1.82) is 5.41 Å². The predicted octanol–water partition coefficient (Wildman–Crippen LogP) is 3.83. The van der Waals surface area contributed by atoms with E-state index in [2.05, 4.69) is 5.32 Å². The fraction of sp³-hybridized carbons (Fsp3) is 0.812. The van der Waals surface area contributed by atoms with Crippen LogP contribution >= 0.6 is 21.6 Å². The second kappa shape index (κ2) is 13.7. The molecule has 0 aliphatic heterocycles. The van der Waals surface area contributed by atoms with Gasteiger partial charge in [0, 0.05) is 36.1 Å². The van der Waals surface area contributed by atoms with E-state index in [9.17, 15) is 9.59 Å². The van der Waals surface area contributed by atoms with Crippen LogP contribution in [0.1, 0.15) is 52.9 Å². The zero-order chi connectivity index (χ0) is 17.7. The Balaban J connectivity index is 3.51.